The molecule has 0 bridgehead atoms. The summed E-state index contributed by atoms with van der Waals surface area (Å²) in [5.41, 5.74) is 2.14. The summed E-state index contributed by atoms with van der Waals surface area (Å²) in [6, 6.07) is 17.5. The molecule has 5 heteroatoms. The first-order valence-electron chi connectivity index (χ1n) is 7.75. The number of benzene rings is 2. The van der Waals surface area contributed by atoms with Gasteiger partial charge in [0.1, 0.15) is 0 Å². The Morgan fingerprint density at radius 3 is 2.39 bits per heavy atom. The SMILES string of the molecule is CS(=O)(=O)c1ccc(NC2CCOC(c3ccccc3)C2)cc1. The largest absolute Gasteiger partial charge is 0.382 e. The van der Waals surface area contributed by atoms with Gasteiger partial charge in [-0.15, -0.1) is 0 Å². The van der Waals surface area contributed by atoms with Crippen molar-refractivity contribution in [3.63, 3.8) is 0 Å². The smallest absolute Gasteiger partial charge is 0.175 e. The zero-order valence-corrected chi connectivity index (χ0v) is 13.9. The van der Waals surface area contributed by atoms with E-state index < -0.39 is 9.84 Å². The molecule has 23 heavy (non-hydrogen) atoms. The van der Waals surface area contributed by atoms with Gasteiger partial charge in [0.25, 0.3) is 0 Å². The van der Waals surface area contributed by atoms with Gasteiger partial charge in [0, 0.05) is 24.6 Å². The first-order chi connectivity index (χ1) is 11.0. The molecular formula is C18H21NO3S. The Morgan fingerprint density at radius 2 is 1.74 bits per heavy atom. The van der Waals surface area contributed by atoms with Crippen LogP contribution in [0, 0.1) is 0 Å². The minimum Gasteiger partial charge on any atom is -0.382 e. The molecule has 1 saturated heterocycles. The van der Waals surface area contributed by atoms with Gasteiger partial charge in [0.15, 0.2) is 9.84 Å². The van der Waals surface area contributed by atoms with Gasteiger partial charge in [-0.3, -0.25) is 0 Å². The lowest BCUT2D eigenvalue weighted by molar-refractivity contribution is 0.00980. The Labute approximate surface area is 137 Å². The van der Waals surface area contributed by atoms with Crippen LogP contribution in [-0.2, 0) is 14.6 Å². The van der Waals surface area contributed by atoms with Crippen LogP contribution in [0.5, 0.6) is 0 Å². The summed E-state index contributed by atoms with van der Waals surface area (Å²) in [5.74, 6) is 0. The molecule has 1 aliphatic heterocycles. The highest BCUT2D eigenvalue weighted by atomic mass is 32.2. The van der Waals surface area contributed by atoms with Gasteiger partial charge < -0.3 is 10.1 Å². The van der Waals surface area contributed by atoms with Gasteiger partial charge in [-0.2, -0.15) is 0 Å². The standard InChI is InChI=1S/C18H21NO3S/c1-23(20,21)17-9-7-15(8-10-17)19-16-11-12-22-18(13-16)14-5-3-2-4-6-14/h2-10,16,18-19H,11-13H2,1H3. The number of ether oxygens (including phenoxy) is 1. The summed E-state index contributed by atoms with van der Waals surface area (Å²) in [6.45, 7) is 0.721. The molecule has 1 aliphatic rings. The van der Waals surface area contributed by atoms with Crippen LogP contribution in [0.1, 0.15) is 24.5 Å². The van der Waals surface area contributed by atoms with E-state index >= 15 is 0 Å². The van der Waals surface area contributed by atoms with E-state index in [0.717, 1.165) is 25.1 Å². The van der Waals surface area contributed by atoms with Crippen molar-refractivity contribution in [2.45, 2.75) is 29.9 Å². The van der Waals surface area contributed by atoms with Crippen LogP contribution >= 0.6 is 0 Å². The number of nitrogens with one attached hydrogen (secondary N) is 1. The summed E-state index contributed by atoms with van der Waals surface area (Å²) in [4.78, 5) is 0.345. The Kier molecular flexibility index (Phi) is 4.68. The fourth-order valence-electron chi connectivity index (χ4n) is 2.86. The topological polar surface area (TPSA) is 55.4 Å². The van der Waals surface area contributed by atoms with E-state index in [9.17, 15) is 8.42 Å². The van der Waals surface area contributed by atoms with Crippen molar-refractivity contribution in [3.8, 4) is 0 Å². The van der Waals surface area contributed by atoms with Gasteiger partial charge in [-0.05, 0) is 42.7 Å². The number of sulfone groups is 1. The minimum absolute atomic E-state index is 0.109. The summed E-state index contributed by atoms with van der Waals surface area (Å²) >= 11 is 0. The third kappa shape index (κ3) is 4.12. The highest BCUT2D eigenvalue weighted by Gasteiger charge is 2.23. The van der Waals surface area contributed by atoms with E-state index in [1.54, 1.807) is 12.1 Å². The van der Waals surface area contributed by atoms with Crippen molar-refractivity contribution in [1.82, 2.24) is 0 Å². The lowest BCUT2D eigenvalue weighted by Crippen LogP contribution is -2.30. The zero-order chi connectivity index (χ0) is 16.3. The van der Waals surface area contributed by atoms with Gasteiger partial charge in [-0.1, -0.05) is 30.3 Å². The second-order valence-electron chi connectivity index (χ2n) is 5.93. The average Bonchev–Trinajstić information content (AvgIpc) is 2.56. The number of hydrogen-bond donors (Lipinski definition) is 1. The molecule has 4 nitrogen and oxygen atoms in total. The molecule has 1 fully saturated rings. The third-order valence-corrected chi connectivity index (χ3v) is 5.24. The van der Waals surface area contributed by atoms with E-state index in [1.807, 2.05) is 30.3 Å². The average molecular weight is 331 g/mol. The van der Waals surface area contributed by atoms with Crippen LogP contribution in [0.3, 0.4) is 0 Å². The first-order valence-corrected chi connectivity index (χ1v) is 9.65. The van der Waals surface area contributed by atoms with E-state index in [2.05, 4.69) is 17.4 Å². The maximum atomic E-state index is 11.5. The summed E-state index contributed by atoms with van der Waals surface area (Å²) in [7, 11) is -3.15. The zero-order valence-electron chi connectivity index (χ0n) is 13.1. The number of rotatable bonds is 4. The molecule has 0 radical (unpaired) electrons. The molecule has 2 aromatic carbocycles. The van der Waals surface area contributed by atoms with Gasteiger partial charge in [0.05, 0.1) is 11.0 Å². The van der Waals surface area contributed by atoms with Crippen LogP contribution in [0.4, 0.5) is 5.69 Å². The Hall–Kier alpha value is -1.85. The number of anilines is 1. The second kappa shape index (κ2) is 6.72. The van der Waals surface area contributed by atoms with Crippen molar-refractivity contribution in [2.75, 3.05) is 18.2 Å². The Bertz CT molecular complexity index is 742. The second-order valence-corrected chi connectivity index (χ2v) is 7.95. The molecule has 2 aromatic rings. The molecule has 2 unspecified atom stereocenters. The van der Waals surface area contributed by atoms with Crippen molar-refractivity contribution in [2.24, 2.45) is 0 Å². The predicted octanol–water partition coefficient (Wildman–Crippen LogP) is 3.42. The highest BCUT2D eigenvalue weighted by Crippen LogP contribution is 2.29. The van der Waals surface area contributed by atoms with Gasteiger partial charge in [0.2, 0.25) is 0 Å². The summed E-state index contributed by atoms with van der Waals surface area (Å²) in [5, 5.41) is 3.48. The minimum atomic E-state index is -3.15. The van der Waals surface area contributed by atoms with Crippen molar-refractivity contribution >= 4 is 15.5 Å². The van der Waals surface area contributed by atoms with Gasteiger partial charge >= 0.3 is 0 Å². The fourth-order valence-corrected chi connectivity index (χ4v) is 3.49. The Morgan fingerprint density at radius 1 is 1.04 bits per heavy atom. The molecule has 3 rings (SSSR count). The molecule has 2 atom stereocenters. The lowest BCUT2D eigenvalue weighted by atomic mass is 9.97. The molecule has 0 spiro atoms. The molecular weight excluding hydrogens is 310 g/mol. The van der Waals surface area contributed by atoms with E-state index in [-0.39, 0.29) is 6.10 Å². The van der Waals surface area contributed by atoms with Crippen LogP contribution in [0.25, 0.3) is 0 Å². The first kappa shape index (κ1) is 16.0. The molecule has 1 heterocycles. The van der Waals surface area contributed by atoms with Crippen molar-refractivity contribution in [1.29, 1.82) is 0 Å². The quantitative estimate of drug-likeness (QED) is 0.933. The highest BCUT2D eigenvalue weighted by molar-refractivity contribution is 7.90. The molecule has 0 saturated carbocycles. The van der Waals surface area contributed by atoms with Crippen LogP contribution in [-0.4, -0.2) is 27.3 Å². The lowest BCUT2D eigenvalue weighted by Gasteiger charge is -2.31. The number of hydrogen-bond acceptors (Lipinski definition) is 4. The predicted molar refractivity (Wildman–Crippen MR) is 91.3 cm³/mol. The van der Waals surface area contributed by atoms with E-state index in [1.165, 1.54) is 11.8 Å². The Balaban J connectivity index is 1.66. The van der Waals surface area contributed by atoms with Gasteiger partial charge in [-0.25, -0.2) is 8.42 Å². The maximum absolute atomic E-state index is 11.5. The van der Waals surface area contributed by atoms with Crippen LogP contribution in [0.15, 0.2) is 59.5 Å². The normalized spacial score (nSPS) is 21.8. The third-order valence-electron chi connectivity index (χ3n) is 4.11. The molecule has 122 valence electrons. The van der Waals surface area contributed by atoms with E-state index in [0.29, 0.717) is 10.9 Å². The van der Waals surface area contributed by atoms with E-state index in [4.69, 9.17) is 4.74 Å². The molecule has 0 amide bonds. The summed E-state index contributed by atoms with van der Waals surface area (Å²) < 4.78 is 28.9. The van der Waals surface area contributed by atoms with Crippen molar-refractivity contribution in [3.05, 3.63) is 60.2 Å². The van der Waals surface area contributed by atoms with Crippen molar-refractivity contribution < 1.29 is 13.2 Å². The molecule has 0 aromatic heterocycles. The maximum Gasteiger partial charge on any atom is 0.175 e. The summed E-state index contributed by atoms with van der Waals surface area (Å²) in [6.07, 6.45) is 3.17. The molecule has 1 N–H and O–H groups in total. The van der Waals surface area contributed by atoms with Crippen LogP contribution < -0.4 is 5.32 Å². The monoisotopic (exact) mass is 331 g/mol. The fraction of sp³-hybridized carbons (Fsp3) is 0.333. The van der Waals surface area contributed by atoms with Crippen LogP contribution in [0.2, 0.25) is 0 Å². The molecule has 0 aliphatic carbocycles.